The van der Waals surface area contributed by atoms with Gasteiger partial charge in [-0.15, -0.1) is 6.58 Å². The molecule has 0 atom stereocenters. The van der Waals surface area contributed by atoms with E-state index in [9.17, 15) is 9.59 Å². The number of amides is 2. The van der Waals surface area contributed by atoms with Crippen molar-refractivity contribution in [3.63, 3.8) is 0 Å². The van der Waals surface area contributed by atoms with Crippen LogP contribution in [0.3, 0.4) is 0 Å². The molecule has 7 heteroatoms. The van der Waals surface area contributed by atoms with Crippen LogP contribution in [0.15, 0.2) is 67.3 Å². The third kappa shape index (κ3) is 6.36. The molecule has 2 amide bonds. The molecule has 5 nitrogen and oxygen atoms in total. The van der Waals surface area contributed by atoms with Crippen molar-refractivity contribution in [1.29, 1.82) is 0 Å². The van der Waals surface area contributed by atoms with Crippen LogP contribution < -0.4 is 16.0 Å². The van der Waals surface area contributed by atoms with Crippen molar-refractivity contribution in [3.8, 4) is 0 Å². The third-order valence-corrected chi connectivity index (χ3v) is 3.93. The van der Waals surface area contributed by atoms with Gasteiger partial charge in [-0.25, -0.2) is 0 Å². The molecular formula is C20H18ClN3O2S. The molecule has 0 bridgehead atoms. The molecule has 2 aromatic carbocycles. The van der Waals surface area contributed by atoms with E-state index in [4.69, 9.17) is 23.8 Å². The summed E-state index contributed by atoms with van der Waals surface area (Å²) in [5.74, 6) is -0.688. The van der Waals surface area contributed by atoms with Gasteiger partial charge in [-0.3, -0.25) is 14.9 Å². The molecule has 0 unspecified atom stereocenters. The summed E-state index contributed by atoms with van der Waals surface area (Å²) in [6.45, 7) is 3.91. The number of carbonyl (C=O) groups is 2. The van der Waals surface area contributed by atoms with E-state index in [0.29, 0.717) is 22.8 Å². The predicted octanol–water partition coefficient (Wildman–Crippen LogP) is 3.78. The molecule has 0 spiro atoms. The van der Waals surface area contributed by atoms with E-state index < -0.39 is 5.91 Å². The van der Waals surface area contributed by atoms with Crippen molar-refractivity contribution < 1.29 is 9.59 Å². The largest absolute Gasteiger partial charge is 0.349 e. The second-order valence-corrected chi connectivity index (χ2v) is 6.16. The summed E-state index contributed by atoms with van der Waals surface area (Å²) < 4.78 is 0. The SMILES string of the molecule is C=CCNC(=O)c1ccccc1NC(=S)NC(=O)C=Cc1ccccc1Cl. The first kappa shape index (κ1) is 20.4. The maximum atomic E-state index is 12.2. The molecule has 0 heterocycles. The van der Waals surface area contributed by atoms with Crippen LogP contribution in [0.5, 0.6) is 0 Å². The Morgan fingerprint density at radius 1 is 1.11 bits per heavy atom. The van der Waals surface area contributed by atoms with Gasteiger partial charge in [0.1, 0.15) is 0 Å². The highest BCUT2D eigenvalue weighted by atomic mass is 35.5. The van der Waals surface area contributed by atoms with E-state index >= 15 is 0 Å². The molecule has 2 rings (SSSR count). The standard InChI is InChI=1S/C20H18ClN3O2S/c1-2-13-22-19(26)15-8-4-6-10-17(15)23-20(27)24-18(25)12-11-14-7-3-5-9-16(14)21/h2-12H,1,13H2,(H,22,26)(H2,23,24,25,27). The molecule has 138 valence electrons. The number of hydrogen-bond acceptors (Lipinski definition) is 3. The van der Waals surface area contributed by atoms with Gasteiger partial charge in [0.25, 0.3) is 5.91 Å². The summed E-state index contributed by atoms with van der Waals surface area (Å²) in [7, 11) is 0. The van der Waals surface area contributed by atoms with Gasteiger partial charge in [0.15, 0.2) is 5.11 Å². The first-order valence-corrected chi connectivity index (χ1v) is 8.82. The van der Waals surface area contributed by atoms with Gasteiger partial charge in [0, 0.05) is 17.6 Å². The minimum Gasteiger partial charge on any atom is -0.349 e. The summed E-state index contributed by atoms with van der Waals surface area (Å²) in [6.07, 6.45) is 4.51. The predicted molar refractivity (Wildman–Crippen MR) is 114 cm³/mol. The van der Waals surface area contributed by atoms with E-state index in [1.165, 1.54) is 6.08 Å². The van der Waals surface area contributed by atoms with Gasteiger partial charge in [0.2, 0.25) is 5.91 Å². The second kappa shape index (κ2) is 10.3. The number of halogens is 1. The average molecular weight is 400 g/mol. The van der Waals surface area contributed by atoms with E-state index in [0.717, 1.165) is 5.56 Å². The van der Waals surface area contributed by atoms with Gasteiger partial charge in [0.05, 0.1) is 11.3 Å². The number of nitrogens with one attached hydrogen (secondary N) is 3. The minimum atomic E-state index is -0.416. The van der Waals surface area contributed by atoms with Crippen molar-refractivity contribution in [3.05, 3.63) is 83.4 Å². The van der Waals surface area contributed by atoms with Crippen molar-refractivity contribution >= 4 is 52.5 Å². The molecule has 0 aliphatic rings. The summed E-state index contributed by atoms with van der Waals surface area (Å²) in [4.78, 5) is 24.2. The van der Waals surface area contributed by atoms with Crippen LogP contribution in [-0.4, -0.2) is 23.5 Å². The lowest BCUT2D eigenvalue weighted by atomic mass is 10.1. The Labute approximate surface area is 168 Å². The van der Waals surface area contributed by atoms with Gasteiger partial charge >= 0.3 is 0 Å². The van der Waals surface area contributed by atoms with Gasteiger partial charge in [-0.1, -0.05) is 48.0 Å². The number of para-hydroxylation sites is 1. The lowest BCUT2D eigenvalue weighted by Crippen LogP contribution is -2.34. The van der Waals surface area contributed by atoms with Crippen LogP contribution >= 0.6 is 23.8 Å². The fraction of sp³-hybridized carbons (Fsp3) is 0.0500. The summed E-state index contributed by atoms with van der Waals surface area (Å²) in [5, 5.41) is 8.71. The van der Waals surface area contributed by atoms with Crippen molar-refractivity contribution in [2.45, 2.75) is 0 Å². The lowest BCUT2D eigenvalue weighted by molar-refractivity contribution is -0.115. The molecule has 0 radical (unpaired) electrons. The monoisotopic (exact) mass is 399 g/mol. The second-order valence-electron chi connectivity index (χ2n) is 5.34. The van der Waals surface area contributed by atoms with Crippen LogP contribution in [0.4, 0.5) is 5.69 Å². The first-order valence-electron chi connectivity index (χ1n) is 8.04. The van der Waals surface area contributed by atoms with E-state index in [-0.39, 0.29) is 11.0 Å². The zero-order valence-electron chi connectivity index (χ0n) is 14.4. The van der Waals surface area contributed by atoms with Crippen molar-refractivity contribution in [2.24, 2.45) is 0 Å². The van der Waals surface area contributed by atoms with Crippen LogP contribution in [0, 0.1) is 0 Å². The number of hydrogen-bond donors (Lipinski definition) is 3. The summed E-state index contributed by atoms with van der Waals surface area (Å²) in [5.41, 5.74) is 1.61. The Hall–Kier alpha value is -2.96. The van der Waals surface area contributed by atoms with Crippen LogP contribution in [-0.2, 0) is 4.79 Å². The average Bonchev–Trinajstić information content (AvgIpc) is 2.65. The molecule has 0 aliphatic heterocycles. The number of benzene rings is 2. The Balaban J connectivity index is 1.99. The Morgan fingerprint density at radius 3 is 2.56 bits per heavy atom. The van der Waals surface area contributed by atoms with Crippen molar-refractivity contribution in [1.82, 2.24) is 10.6 Å². The number of anilines is 1. The van der Waals surface area contributed by atoms with Crippen LogP contribution in [0.2, 0.25) is 5.02 Å². The van der Waals surface area contributed by atoms with Gasteiger partial charge in [-0.2, -0.15) is 0 Å². The van der Waals surface area contributed by atoms with Crippen molar-refractivity contribution in [2.75, 3.05) is 11.9 Å². The molecule has 0 aromatic heterocycles. The maximum absolute atomic E-state index is 12.2. The third-order valence-electron chi connectivity index (χ3n) is 3.38. The fourth-order valence-electron chi connectivity index (χ4n) is 2.13. The van der Waals surface area contributed by atoms with E-state index in [2.05, 4.69) is 22.5 Å². The van der Waals surface area contributed by atoms with Crippen LogP contribution in [0.25, 0.3) is 6.08 Å². The molecule has 3 N–H and O–H groups in total. The molecule has 0 saturated carbocycles. The number of carbonyl (C=O) groups excluding carboxylic acids is 2. The fourth-order valence-corrected chi connectivity index (χ4v) is 2.54. The Bertz CT molecular complexity index is 896. The zero-order valence-corrected chi connectivity index (χ0v) is 15.9. The zero-order chi connectivity index (χ0) is 19.6. The summed E-state index contributed by atoms with van der Waals surface area (Å²) >= 11 is 11.2. The van der Waals surface area contributed by atoms with Gasteiger partial charge < -0.3 is 10.6 Å². The highest BCUT2D eigenvalue weighted by molar-refractivity contribution is 7.80. The molecular weight excluding hydrogens is 382 g/mol. The Kier molecular flexibility index (Phi) is 7.73. The molecule has 0 saturated heterocycles. The Morgan fingerprint density at radius 2 is 1.81 bits per heavy atom. The molecule has 2 aromatic rings. The number of thiocarbonyl (C=S) groups is 1. The molecule has 0 aliphatic carbocycles. The summed E-state index contributed by atoms with van der Waals surface area (Å²) in [6, 6.07) is 14.0. The first-order chi connectivity index (χ1) is 13.0. The topological polar surface area (TPSA) is 70.2 Å². The molecule has 0 fully saturated rings. The molecule has 27 heavy (non-hydrogen) atoms. The lowest BCUT2D eigenvalue weighted by Gasteiger charge is -2.12. The van der Waals surface area contributed by atoms with Crippen LogP contribution in [0.1, 0.15) is 15.9 Å². The maximum Gasteiger partial charge on any atom is 0.253 e. The highest BCUT2D eigenvalue weighted by Crippen LogP contribution is 2.16. The smallest absolute Gasteiger partial charge is 0.253 e. The van der Waals surface area contributed by atoms with Gasteiger partial charge in [-0.05, 0) is 42.1 Å². The quantitative estimate of drug-likeness (QED) is 0.392. The highest BCUT2D eigenvalue weighted by Gasteiger charge is 2.11. The minimum absolute atomic E-state index is 0.0766. The van der Waals surface area contributed by atoms with E-state index in [1.54, 1.807) is 54.6 Å². The normalized spacial score (nSPS) is 10.3. The van der Waals surface area contributed by atoms with E-state index in [1.807, 2.05) is 6.07 Å². The number of rotatable bonds is 6.